The first-order valence-corrected chi connectivity index (χ1v) is 11.8. The Labute approximate surface area is 176 Å². The molecule has 3 aromatic rings. The van der Waals surface area contributed by atoms with Crippen LogP contribution in [0.5, 0.6) is 0 Å². The van der Waals surface area contributed by atoms with E-state index >= 15 is 0 Å². The molecule has 1 unspecified atom stereocenters. The molecule has 1 aliphatic rings. The number of nitrogens with zero attached hydrogens (tertiary/aromatic N) is 2. The van der Waals surface area contributed by atoms with Crippen LogP contribution in [-0.2, 0) is 27.8 Å². The van der Waals surface area contributed by atoms with Crippen molar-refractivity contribution in [2.45, 2.75) is 37.6 Å². The van der Waals surface area contributed by atoms with Crippen LogP contribution < -0.4 is 5.32 Å². The number of hydrogen-bond donors (Lipinski definition) is 1. The van der Waals surface area contributed by atoms with Crippen molar-refractivity contribution in [3.63, 3.8) is 0 Å². The van der Waals surface area contributed by atoms with Crippen molar-refractivity contribution in [3.05, 3.63) is 54.6 Å². The molecule has 4 rings (SSSR count). The van der Waals surface area contributed by atoms with Crippen LogP contribution in [0.15, 0.2) is 58.2 Å². The number of piperidine rings is 1. The van der Waals surface area contributed by atoms with Gasteiger partial charge in [-0.3, -0.25) is 4.79 Å². The topological polar surface area (TPSA) is 84.5 Å². The lowest BCUT2D eigenvalue weighted by molar-refractivity contribution is -0.126. The lowest BCUT2D eigenvalue weighted by Crippen LogP contribution is -2.45. The number of aromatic nitrogens is 1. The van der Waals surface area contributed by atoms with E-state index in [9.17, 15) is 13.2 Å². The molecule has 0 saturated carbocycles. The highest BCUT2D eigenvalue weighted by Gasteiger charge is 2.33. The summed E-state index contributed by atoms with van der Waals surface area (Å²) in [5.74, 6) is 0.377. The Morgan fingerprint density at radius 2 is 2.13 bits per heavy atom. The van der Waals surface area contributed by atoms with Crippen LogP contribution in [0.4, 0.5) is 0 Å². The molecule has 7 nitrogen and oxygen atoms in total. The zero-order valence-corrected chi connectivity index (χ0v) is 17.9. The summed E-state index contributed by atoms with van der Waals surface area (Å²) in [7, 11) is -3.64. The van der Waals surface area contributed by atoms with Crippen molar-refractivity contribution in [2.75, 3.05) is 19.6 Å². The molecule has 8 heteroatoms. The SMILES string of the molecule is CCn1ccc2cc(S(=O)(=O)N3CCCC(C(=O)NCCc4ccco4)C3)ccc21. The predicted octanol–water partition coefficient (Wildman–Crippen LogP) is 3.01. The molecule has 2 aromatic heterocycles. The Hall–Kier alpha value is -2.58. The number of furan rings is 1. The van der Waals surface area contributed by atoms with Gasteiger partial charge in [0.25, 0.3) is 0 Å². The first-order chi connectivity index (χ1) is 14.5. The summed E-state index contributed by atoms with van der Waals surface area (Å²) in [6.45, 7) is 4.01. The number of amides is 1. The number of benzene rings is 1. The molecule has 0 radical (unpaired) electrons. The number of fused-ring (bicyclic) bond motifs is 1. The van der Waals surface area contributed by atoms with Gasteiger partial charge in [0.2, 0.25) is 15.9 Å². The maximum atomic E-state index is 13.2. The van der Waals surface area contributed by atoms with Crippen molar-refractivity contribution < 1.29 is 17.6 Å². The standard InChI is InChI=1S/C22H27N3O4S/c1-2-24-13-10-17-15-20(7-8-21(17)24)30(27,28)25-12-3-5-18(16-25)22(26)23-11-9-19-6-4-14-29-19/h4,6-8,10,13-15,18H,2-3,5,9,11-12,16H2,1H3,(H,23,26). The van der Waals surface area contributed by atoms with Gasteiger partial charge in [-0.1, -0.05) is 0 Å². The summed E-state index contributed by atoms with van der Waals surface area (Å²) in [4.78, 5) is 12.9. The van der Waals surface area contributed by atoms with Gasteiger partial charge in [-0.2, -0.15) is 4.31 Å². The number of aryl methyl sites for hydroxylation is 1. The molecule has 3 heterocycles. The number of carbonyl (C=O) groups excluding carboxylic acids is 1. The predicted molar refractivity (Wildman–Crippen MR) is 115 cm³/mol. The molecule has 0 spiro atoms. The highest BCUT2D eigenvalue weighted by atomic mass is 32.2. The van der Waals surface area contributed by atoms with Crippen LogP contribution in [0.2, 0.25) is 0 Å². The maximum absolute atomic E-state index is 13.2. The fourth-order valence-corrected chi connectivity index (χ4v) is 5.61. The summed E-state index contributed by atoms with van der Waals surface area (Å²) in [6.07, 6.45) is 5.55. The Morgan fingerprint density at radius 3 is 2.90 bits per heavy atom. The van der Waals surface area contributed by atoms with E-state index in [0.29, 0.717) is 32.4 Å². The summed E-state index contributed by atoms with van der Waals surface area (Å²) in [6, 6.07) is 10.9. The van der Waals surface area contributed by atoms with E-state index in [-0.39, 0.29) is 23.3 Å². The molecular weight excluding hydrogens is 402 g/mol. The summed E-state index contributed by atoms with van der Waals surface area (Å²) in [5.41, 5.74) is 1.02. The van der Waals surface area contributed by atoms with Gasteiger partial charge in [-0.25, -0.2) is 8.42 Å². The van der Waals surface area contributed by atoms with Gasteiger partial charge in [-0.05, 0) is 56.2 Å². The quantitative estimate of drug-likeness (QED) is 0.626. The van der Waals surface area contributed by atoms with E-state index in [4.69, 9.17) is 4.42 Å². The Balaban J connectivity index is 1.43. The molecule has 1 fully saturated rings. The van der Waals surface area contributed by atoms with Gasteiger partial charge in [-0.15, -0.1) is 0 Å². The van der Waals surface area contributed by atoms with Gasteiger partial charge in [0.05, 0.1) is 17.1 Å². The Kier molecular flexibility index (Phi) is 5.97. The molecule has 1 aliphatic heterocycles. The second-order valence-electron chi connectivity index (χ2n) is 7.64. The smallest absolute Gasteiger partial charge is 0.243 e. The molecule has 1 atom stereocenters. The van der Waals surface area contributed by atoms with Crippen LogP contribution in [0.3, 0.4) is 0 Å². The van der Waals surface area contributed by atoms with Crippen molar-refractivity contribution >= 4 is 26.8 Å². The molecule has 30 heavy (non-hydrogen) atoms. The molecule has 1 N–H and O–H groups in total. The van der Waals surface area contributed by atoms with Gasteiger partial charge in [0, 0.05) is 49.7 Å². The van der Waals surface area contributed by atoms with Crippen LogP contribution in [0.1, 0.15) is 25.5 Å². The van der Waals surface area contributed by atoms with E-state index in [1.807, 2.05) is 30.5 Å². The number of nitrogens with one attached hydrogen (secondary N) is 1. The van der Waals surface area contributed by atoms with E-state index in [2.05, 4.69) is 16.8 Å². The molecule has 1 saturated heterocycles. The third-order valence-corrected chi connectivity index (χ3v) is 7.59. The van der Waals surface area contributed by atoms with Crippen LogP contribution in [0.25, 0.3) is 10.9 Å². The highest BCUT2D eigenvalue weighted by Crippen LogP contribution is 2.27. The molecule has 1 aromatic carbocycles. The third kappa shape index (κ3) is 4.15. The van der Waals surface area contributed by atoms with Crippen molar-refractivity contribution in [2.24, 2.45) is 5.92 Å². The van der Waals surface area contributed by atoms with E-state index in [0.717, 1.165) is 23.2 Å². The van der Waals surface area contributed by atoms with E-state index in [1.54, 1.807) is 18.4 Å². The Bertz CT molecular complexity index is 1120. The van der Waals surface area contributed by atoms with E-state index < -0.39 is 10.0 Å². The normalized spacial score (nSPS) is 18.0. The molecule has 160 valence electrons. The van der Waals surface area contributed by atoms with Gasteiger partial charge >= 0.3 is 0 Å². The fraction of sp³-hybridized carbons (Fsp3) is 0.409. The summed E-state index contributed by atoms with van der Waals surface area (Å²) < 4.78 is 35.2. The second-order valence-corrected chi connectivity index (χ2v) is 9.58. The minimum absolute atomic E-state index is 0.100. The Morgan fingerprint density at radius 1 is 1.27 bits per heavy atom. The number of sulfonamides is 1. The van der Waals surface area contributed by atoms with Crippen molar-refractivity contribution in [1.82, 2.24) is 14.2 Å². The average molecular weight is 430 g/mol. The minimum atomic E-state index is -3.64. The summed E-state index contributed by atoms with van der Waals surface area (Å²) >= 11 is 0. The monoisotopic (exact) mass is 429 g/mol. The van der Waals surface area contributed by atoms with E-state index in [1.165, 1.54) is 4.31 Å². The van der Waals surface area contributed by atoms with Gasteiger partial charge in [0.1, 0.15) is 5.76 Å². The van der Waals surface area contributed by atoms with Crippen LogP contribution >= 0.6 is 0 Å². The van der Waals surface area contributed by atoms with Gasteiger partial charge in [0.15, 0.2) is 0 Å². The number of carbonyl (C=O) groups is 1. The third-order valence-electron chi connectivity index (χ3n) is 5.73. The number of rotatable bonds is 7. The molecular formula is C22H27N3O4S. The molecule has 1 amide bonds. The second kappa shape index (κ2) is 8.65. The van der Waals surface area contributed by atoms with Gasteiger partial charge < -0.3 is 14.3 Å². The summed E-state index contributed by atoms with van der Waals surface area (Å²) in [5, 5.41) is 3.82. The highest BCUT2D eigenvalue weighted by molar-refractivity contribution is 7.89. The number of hydrogen-bond acceptors (Lipinski definition) is 4. The minimum Gasteiger partial charge on any atom is -0.469 e. The average Bonchev–Trinajstić information content (AvgIpc) is 3.42. The largest absolute Gasteiger partial charge is 0.469 e. The lowest BCUT2D eigenvalue weighted by Gasteiger charge is -2.31. The van der Waals surface area contributed by atoms with Crippen molar-refractivity contribution in [3.8, 4) is 0 Å². The molecule has 0 bridgehead atoms. The van der Waals surface area contributed by atoms with Crippen LogP contribution in [-0.4, -0.2) is 42.8 Å². The first-order valence-electron chi connectivity index (χ1n) is 10.4. The fourth-order valence-electron chi connectivity index (χ4n) is 4.05. The van der Waals surface area contributed by atoms with Crippen molar-refractivity contribution in [1.29, 1.82) is 0 Å². The molecule has 0 aliphatic carbocycles. The zero-order chi connectivity index (χ0) is 21.1. The maximum Gasteiger partial charge on any atom is 0.243 e. The lowest BCUT2D eigenvalue weighted by atomic mass is 9.99. The first kappa shape index (κ1) is 20.7. The zero-order valence-electron chi connectivity index (χ0n) is 17.1. The van der Waals surface area contributed by atoms with Crippen LogP contribution in [0, 0.1) is 5.92 Å².